The molecule has 0 saturated heterocycles. The number of rotatable bonds is 4. The van der Waals surface area contributed by atoms with Gasteiger partial charge in [0, 0.05) is 6.42 Å². The first-order valence-corrected chi connectivity index (χ1v) is 7.00. The van der Waals surface area contributed by atoms with E-state index in [9.17, 15) is 9.59 Å². The Kier molecular flexibility index (Phi) is 5.52. The first kappa shape index (κ1) is 15.7. The van der Waals surface area contributed by atoms with E-state index in [-0.39, 0.29) is 11.4 Å². The van der Waals surface area contributed by atoms with Crippen molar-refractivity contribution in [2.45, 2.75) is 65.4 Å². The van der Waals surface area contributed by atoms with Gasteiger partial charge in [-0.3, -0.25) is 4.79 Å². The predicted molar refractivity (Wildman–Crippen MR) is 75.8 cm³/mol. The van der Waals surface area contributed by atoms with Crippen molar-refractivity contribution in [1.29, 1.82) is 0 Å². The molecule has 0 bridgehead atoms. The summed E-state index contributed by atoms with van der Waals surface area (Å²) in [5.74, 6) is -0.661. The first-order valence-electron chi connectivity index (χ1n) is 7.00. The van der Waals surface area contributed by atoms with Crippen LogP contribution in [-0.4, -0.2) is 17.4 Å². The minimum Gasteiger partial charge on any atom is -0.456 e. The molecule has 0 aromatic heterocycles. The van der Waals surface area contributed by atoms with Gasteiger partial charge in [0.15, 0.2) is 5.78 Å². The lowest BCUT2D eigenvalue weighted by Crippen LogP contribution is -2.27. The molecule has 1 aliphatic rings. The van der Waals surface area contributed by atoms with E-state index in [1.807, 2.05) is 0 Å². The maximum atomic E-state index is 12.1. The zero-order valence-corrected chi connectivity index (χ0v) is 12.4. The Hall–Kier alpha value is -1.38. The van der Waals surface area contributed by atoms with E-state index in [1.54, 1.807) is 33.8 Å². The third-order valence-corrected chi connectivity index (χ3v) is 2.90. The number of esters is 1. The number of allylic oxidation sites excluding steroid dienone is 3. The first-order chi connectivity index (χ1) is 8.83. The third kappa shape index (κ3) is 5.41. The Balaban J connectivity index is 2.94. The highest BCUT2D eigenvalue weighted by Gasteiger charge is 2.24. The van der Waals surface area contributed by atoms with Crippen molar-refractivity contribution in [1.82, 2.24) is 0 Å². The van der Waals surface area contributed by atoms with Gasteiger partial charge >= 0.3 is 5.97 Å². The van der Waals surface area contributed by atoms with Crippen molar-refractivity contribution in [3.05, 3.63) is 23.3 Å². The fraction of sp³-hybridized carbons (Fsp3) is 0.625. The van der Waals surface area contributed by atoms with Gasteiger partial charge in [-0.15, -0.1) is 0 Å². The molecule has 0 saturated carbocycles. The molecule has 19 heavy (non-hydrogen) atoms. The molecule has 0 spiro atoms. The summed E-state index contributed by atoms with van der Waals surface area (Å²) in [6, 6.07) is 0. The third-order valence-electron chi connectivity index (χ3n) is 2.90. The van der Waals surface area contributed by atoms with E-state index in [4.69, 9.17) is 4.74 Å². The SMILES string of the molecule is CCC(=O)C(=CC1=CCCCC1)C(=O)OC(C)(C)C. The zero-order valence-electron chi connectivity index (χ0n) is 12.4. The molecule has 3 nitrogen and oxygen atoms in total. The molecule has 106 valence electrons. The quantitative estimate of drug-likeness (QED) is 0.336. The highest BCUT2D eigenvalue weighted by atomic mass is 16.6. The van der Waals surface area contributed by atoms with Crippen LogP contribution in [0.3, 0.4) is 0 Å². The van der Waals surface area contributed by atoms with Crippen LogP contribution in [0.1, 0.15) is 59.8 Å². The molecule has 1 aliphatic carbocycles. The highest BCUT2D eigenvalue weighted by Crippen LogP contribution is 2.21. The van der Waals surface area contributed by atoms with Crippen molar-refractivity contribution in [3.8, 4) is 0 Å². The summed E-state index contributed by atoms with van der Waals surface area (Å²) in [5, 5.41) is 0. The summed E-state index contributed by atoms with van der Waals surface area (Å²) >= 11 is 0. The monoisotopic (exact) mass is 264 g/mol. The second kappa shape index (κ2) is 6.69. The van der Waals surface area contributed by atoms with Crippen molar-refractivity contribution in [2.75, 3.05) is 0 Å². The minimum absolute atomic E-state index is 0.152. The molecule has 0 heterocycles. The number of carbonyl (C=O) groups is 2. The molecule has 0 atom stereocenters. The van der Waals surface area contributed by atoms with Gasteiger partial charge in [0.25, 0.3) is 0 Å². The standard InChI is InChI=1S/C16H24O3/c1-5-14(17)13(15(18)19-16(2,3)4)11-12-9-7-6-8-10-12/h9,11H,5-8,10H2,1-4H3. The largest absolute Gasteiger partial charge is 0.456 e. The molecule has 0 amide bonds. The summed E-state index contributed by atoms with van der Waals surface area (Å²) in [6.07, 6.45) is 8.40. The van der Waals surface area contributed by atoms with Crippen LogP contribution in [0, 0.1) is 0 Å². The lowest BCUT2D eigenvalue weighted by molar-refractivity contribution is -0.150. The van der Waals surface area contributed by atoms with Crippen LogP contribution in [0.25, 0.3) is 0 Å². The highest BCUT2D eigenvalue weighted by molar-refractivity contribution is 6.17. The number of Topliss-reactive ketones (excluding diaryl/α,β-unsaturated/α-hetero) is 1. The Labute approximate surface area is 115 Å². The van der Waals surface area contributed by atoms with Crippen LogP contribution in [0.4, 0.5) is 0 Å². The Morgan fingerprint density at radius 2 is 2.00 bits per heavy atom. The van der Waals surface area contributed by atoms with Gasteiger partial charge in [-0.2, -0.15) is 0 Å². The lowest BCUT2D eigenvalue weighted by Gasteiger charge is -2.20. The van der Waals surface area contributed by atoms with Gasteiger partial charge < -0.3 is 4.74 Å². The summed E-state index contributed by atoms with van der Waals surface area (Å²) in [4.78, 5) is 24.0. The molecule has 3 heteroatoms. The smallest absolute Gasteiger partial charge is 0.342 e. The zero-order chi connectivity index (χ0) is 14.5. The topological polar surface area (TPSA) is 43.4 Å². The van der Waals surface area contributed by atoms with Gasteiger partial charge in [-0.05, 0) is 52.5 Å². The van der Waals surface area contributed by atoms with Crippen LogP contribution >= 0.6 is 0 Å². The maximum absolute atomic E-state index is 12.1. The fourth-order valence-corrected chi connectivity index (χ4v) is 1.96. The molecular formula is C16H24O3. The van der Waals surface area contributed by atoms with Crippen molar-refractivity contribution in [2.24, 2.45) is 0 Å². The predicted octanol–water partition coefficient (Wildman–Crippen LogP) is 3.73. The summed E-state index contributed by atoms with van der Waals surface area (Å²) in [7, 11) is 0. The number of carbonyl (C=O) groups excluding carboxylic acids is 2. The molecule has 0 N–H and O–H groups in total. The summed E-state index contributed by atoms with van der Waals surface area (Å²) < 4.78 is 5.31. The van der Waals surface area contributed by atoms with Crippen LogP contribution in [0.5, 0.6) is 0 Å². The number of ketones is 1. The minimum atomic E-state index is -0.578. The van der Waals surface area contributed by atoms with Gasteiger partial charge in [0.1, 0.15) is 11.2 Å². The number of hydrogen-bond acceptors (Lipinski definition) is 3. The van der Waals surface area contributed by atoms with Crippen molar-refractivity contribution < 1.29 is 14.3 Å². The molecule has 0 fully saturated rings. The normalized spacial score (nSPS) is 16.8. The van der Waals surface area contributed by atoms with E-state index >= 15 is 0 Å². The average Bonchev–Trinajstić information content (AvgIpc) is 2.34. The van der Waals surface area contributed by atoms with Gasteiger partial charge in [0.05, 0.1) is 0 Å². The number of ether oxygens (including phenoxy) is 1. The van der Waals surface area contributed by atoms with E-state index in [0.29, 0.717) is 6.42 Å². The Morgan fingerprint density at radius 3 is 2.47 bits per heavy atom. The van der Waals surface area contributed by atoms with Crippen LogP contribution in [0.15, 0.2) is 23.3 Å². The fourth-order valence-electron chi connectivity index (χ4n) is 1.96. The van der Waals surface area contributed by atoms with Gasteiger partial charge in [-0.1, -0.05) is 18.6 Å². The summed E-state index contributed by atoms with van der Waals surface area (Å²) in [5.41, 5.74) is 0.685. The van der Waals surface area contributed by atoms with Crippen molar-refractivity contribution in [3.63, 3.8) is 0 Å². The lowest BCUT2D eigenvalue weighted by atomic mass is 9.96. The second-order valence-electron chi connectivity index (χ2n) is 5.86. The molecule has 0 unspecified atom stereocenters. The van der Waals surface area contributed by atoms with E-state index in [0.717, 1.165) is 24.8 Å². The molecule has 0 aliphatic heterocycles. The van der Waals surface area contributed by atoms with E-state index in [2.05, 4.69) is 6.08 Å². The van der Waals surface area contributed by atoms with Crippen molar-refractivity contribution >= 4 is 11.8 Å². The summed E-state index contributed by atoms with van der Waals surface area (Å²) in [6.45, 7) is 7.17. The van der Waals surface area contributed by atoms with E-state index < -0.39 is 11.6 Å². The van der Waals surface area contributed by atoms with E-state index in [1.165, 1.54) is 6.42 Å². The van der Waals surface area contributed by atoms with Gasteiger partial charge in [0.2, 0.25) is 0 Å². The van der Waals surface area contributed by atoms with Crippen LogP contribution < -0.4 is 0 Å². The number of hydrogen-bond donors (Lipinski definition) is 0. The Bertz CT molecular complexity index is 408. The molecule has 0 aromatic carbocycles. The van der Waals surface area contributed by atoms with Crippen LogP contribution in [-0.2, 0) is 14.3 Å². The maximum Gasteiger partial charge on any atom is 0.342 e. The second-order valence-corrected chi connectivity index (χ2v) is 5.86. The van der Waals surface area contributed by atoms with Gasteiger partial charge in [-0.25, -0.2) is 4.79 Å². The molecule has 0 aromatic rings. The molecule has 1 rings (SSSR count). The average molecular weight is 264 g/mol. The molecule has 0 radical (unpaired) electrons. The van der Waals surface area contributed by atoms with Crippen LogP contribution in [0.2, 0.25) is 0 Å². The Morgan fingerprint density at radius 1 is 1.32 bits per heavy atom. The molecular weight excluding hydrogens is 240 g/mol.